The first-order valence-electron chi connectivity index (χ1n) is 7.57. The van der Waals surface area contributed by atoms with Gasteiger partial charge in [-0.05, 0) is 25.5 Å². The first-order valence-corrected chi connectivity index (χ1v) is 7.57. The predicted octanol–water partition coefficient (Wildman–Crippen LogP) is 1.92. The number of amides is 1. The number of nitrogens with zero attached hydrogens (tertiary/aromatic N) is 4. The summed E-state index contributed by atoms with van der Waals surface area (Å²) in [5.41, 5.74) is 3.96. The van der Waals surface area contributed by atoms with Crippen LogP contribution in [0.3, 0.4) is 0 Å². The van der Waals surface area contributed by atoms with Crippen LogP contribution in [0.2, 0.25) is 0 Å². The molecule has 6 heteroatoms. The van der Waals surface area contributed by atoms with E-state index in [0.717, 1.165) is 22.3 Å². The molecule has 0 aliphatic rings. The summed E-state index contributed by atoms with van der Waals surface area (Å²) in [5, 5.41) is 8.52. The number of nitrogens with one attached hydrogen (secondary N) is 1. The van der Waals surface area contributed by atoms with Crippen LogP contribution < -0.4 is 5.32 Å². The summed E-state index contributed by atoms with van der Waals surface area (Å²) < 4.78 is 1.84. The number of carbonyl (C=O) groups excluding carboxylic acids is 1. The Morgan fingerprint density at radius 2 is 2.17 bits per heavy atom. The van der Waals surface area contributed by atoms with E-state index in [1.165, 1.54) is 5.56 Å². The van der Waals surface area contributed by atoms with Crippen molar-refractivity contribution < 1.29 is 4.79 Å². The number of hydrogen-bond acceptors (Lipinski definition) is 4. The van der Waals surface area contributed by atoms with Crippen LogP contribution in [0.15, 0.2) is 36.8 Å². The molecule has 2 heterocycles. The molecular weight excluding hydrogens is 290 g/mol. The zero-order valence-corrected chi connectivity index (χ0v) is 13.3. The number of carbonyl (C=O) groups is 1. The molecule has 0 spiro atoms. The van der Waals surface area contributed by atoms with Gasteiger partial charge in [-0.25, -0.2) is 0 Å². The topological polar surface area (TPSA) is 72.7 Å². The minimum absolute atomic E-state index is 0.0119. The van der Waals surface area contributed by atoms with Gasteiger partial charge >= 0.3 is 0 Å². The summed E-state index contributed by atoms with van der Waals surface area (Å²) in [5.74, 6) is -0.0119. The van der Waals surface area contributed by atoms with Gasteiger partial charge in [0.05, 0.1) is 23.4 Å². The van der Waals surface area contributed by atoms with Gasteiger partial charge in [0.1, 0.15) is 0 Å². The van der Waals surface area contributed by atoms with Crippen LogP contribution in [-0.2, 0) is 24.8 Å². The molecule has 6 nitrogen and oxygen atoms in total. The molecule has 0 radical (unpaired) electrons. The van der Waals surface area contributed by atoms with Crippen molar-refractivity contribution in [1.82, 2.24) is 25.1 Å². The molecule has 0 saturated heterocycles. The van der Waals surface area contributed by atoms with Crippen molar-refractivity contribution in [1.29, 1.82) is 0 Å². The number of fused-ring (bicyclic) bond motifs is 1. The van der Waals surface area contributed by atoms with E-state index in [-0.39, 0.29) is 5.91 Å². The van der Waals surface area contributed by atoms with Gasteiger partial charge in [-0.15, -0.1) is 0 Å². The van der Waals surface area contributed by atoms with Crippen LogP contribution in [0.25, 0.3) is 10.9 Å². The molecule has 0 fully saturated rings. The van der Waals surface area contributed by atoms with Gasteiger partial charge in [-0.2, -0.15) is 5.10 Å². The van der Waals surface area contributed by atoms with Crippen molar-refractivity contribution in [2.75, 3.05) is 0 Å². The van der Waals surface area contributed by atoms with E-state index in [1.807, 2.05) is 11.7 Å². The summed E-state index contributed by atoms with van der Waals surface area (Å²) in [6.45, 7) is 2.48. The van der Waals surface area contributed by atoms with E-state index in [2.05, 4.69) is 45.5 Å². The molecule has 0 aliphatic heterocycles. The molecule has 1 N–H and O–H groups in total. The van der Waals surface area contributed by atoms with Gasteiger partial charge < -0.3 is 5.32 Å². The van der Waals surface area contributed by atoms with Crippen LogP contribution in [0.5, 0.6) is 0 Å². The monoisotopic (exact) mass is 309 g/mol. The van der Waals surface area contributed by atoms with E-state index in [4.69, 9.17) is 0 Å². The van der Waals surface area contributed by atoms with Gasteiger partial charge in [0.25, 0.3) is 0 Å². The minimum Gasteiger partial charge on any atom is -0.350 e. The van der Waals surface area contributed by atoms with Crippen molar-refractivity contribution in [2.45, 2.75) is 26.3 Å². The highest BCUT2D eigenvalue weighted by molar-refractivity contribution is 5.83. The first kappa shape index (κ1) is 15.1. The Morgan fingerprint density at radius 1 is 1.30 bits per heavy atom. The fourth-order valence-corrected chi connectivity index (χ4v) is 2.55. The van der Waals surface area contributed by atoms with Gasteiger partial charge in [-0.3, -0.25) is 19.4 Å². The summed E-state index contributed by atoms with van der Waals surface area (Å²) in [7, 11) is 1.91. The van der Waals surface area contributed by atoms with Crippen molar-refractivity contribution in [3.8, 4) is 0 Å². The fraction of sp³-hybridized carbons (Fsp3) is 0.294. The fourth-order valence-electron chi connectivity index (χ4n) is 2.55. The maximum Gasteiger partial charge on any atom is 0.220 e. The van der Waals surface area contributed by atoms with Crippen molar-refractivity contribution in [3.05, 3.63) is 53.7 Å². The number of rotatable bonds is 5. The Hall–Kier alpha value is -2.76. The zero-order chi connectivity index (χ0) is 16.2. The minimum atomic E-state index is -0.0119. The highest BCUT2D eigenvalue weighted by Crippen LogP contribution is 2.19. The quantitative estimate of drug-likeness (QED) is 0.781. The van der Waals surface area contributed by atoms with Gasteiger partial charge in [-0.1, -0.05) is 11.6 Å². The molecule has 0 bridgehead atoms. The SMILES string of the molecule is Cc1ccc2c(c1)c(CNC(=O)CCc1cnccn1)nn2C. The van der Waals surface area contributed by atoms with Crippen molar-refractivity contribution in [2.24, 2.45) is 7.05 Å². The smallest absolute Gasteiger partial charge is 0.220 e. The lowest BCUT2D eigenvalue weighted by molar-refractivity contribution is -0.121. The largest absolute Gasteiger partial charge is 0.350 e. The third kappa shape index (κ3) is 3.53. The van der Waals surface area contributed by atoms with Gasteiger partial charge in [0.2, 0.25) is 5.91 Å². The maximum absolute atomic E-state index is 12.0. The van der Waals surface area contributed by atoms with Crippen LogP contribution >= 0.6 is 0 Å². The molecule has 2 aromatic heterocycles. The third-order valence-electron chi connectivity index (χ3n) is 3.76. The molecule has 118 valence electrons. The summed E-state index contributed by atoms with van der Waals surface area (Å²) >= 11 is 0. The Morgan fingerprint density at radius 3 is 2.96 bits per heavy atom. The molecular formula is C17H19N5O. The molecule has 3 aromatic rings. The second-order valence-electron chi connectivity index (χ2n) is 5.56. The van der Waals surface area contributed by atoms with Crippen LogP contribution in [0.1, 0.15) is 23.4 Å². The van der Waals surface area contributed by atoms with Crippen molar-refractivity contribution >= 4 is 16.8 Å². The van der Waals surface area contributed by atoms with Gasteiger partial charge in [0, 0.05) is 37.4 Å². The molecule has 3 rings (SSSR count). The molecule has 23 heavy (non-hydrogen) atoms. The van der Waals surface area contributed by atoms with Crippen molar-refractivity contribution in [3.63, 3.8) is 0 Å². The highest BCUT2D eigenvalue weighted by Gasteiger charge is 2.10. The lowest BCUT2D eigenvalue weighted by atomic mass is 10.1. The average molecular weight is 309 g/mol. The lowest BCUT2D eigenvalue weighted by Gasteiger charge is -2.03. The number of hydrogen-bond donors (Lipinski definition) is 1. The second kappa shape index (κ2) is 6.56. The lowest BCUT2D eigenvalue weighted by Crippen LogP contribution is -2.23. The summed E-state index contributed by atoms with van der Waals surface area (Å²) in [6.07, 6.45) is 5.92. The van der Waals surface area contributed by atoms with E-state index >= 15 is 0 Å². The molecule has 1 amide bonds. The normalized spacial score (nSPS) is 10.9. The molecule has 0 atom stereocenters. The van der Waals surface area contributed by atoms with E-state index < -0.39 is 0 Å². The van der Waals surface area contributed by atoms with E-state index in [1.54, 1.807) is 18.6 Å². The Labute approximate surface area is 134 Å². The molecule has 1 aromatic carbocycles. The highest BCUT2D eigenvalue weighted by atomic mass is 16.1. The first-order chi connectivity index (χ1) is 11.1. The van der Waals surface area contributed by atoms with Crippen LogP contribution in [0.4, 0.5) is 0 Å². The Kier molecular flexibility index (Phi) is 4.32. The van der Waals surface area contributed by atoms with E-state index in [9.17, 15) is 4.79 Å². The van der Waals surface area contributed by atoms with Gasteiger partial charge in [0.15, 0.2) is 0 Å². The molecule has 0 aliphatic carbocycles. The Balaban J connectivity index is 1.62. The second-order valence-corrected chi connectivity index (χ2v) is 5.56. The van der Waals surface area contributed by atoms with E-state index in [0.29, 0.717) is 19.4 Å². The zero-order valence-electron chi connectivity index (χ0n) is 13.3. The predicted molar refractivity (Wildman–Crippen MR) is 87.7 cm³/mol. The molecule has 0 saturated carbocycles. The third-order valence-corrected chi connectivity index (χ3v) is 3.76. The number of aryl methyl sites for hydroxylation is 3. The molecule has 0 unspecified atom stereocenters. The Bertz CT molecular complexity index is 826. The maximum atomic E-state index is 12.0. The summed E-state index contributed by atoms with van der Waals surface area (Å²) in [6, 6.07) is 6.22. The number of aromatic nitrogens is 4. The van der Waals surface area contributed by atoms with Crippen LogP contribution in [-0.4, -0.2) is 25.7 Å². The van der Waals surface area contributed by atoms with Crippen LogP contribution in [0, 0.1) is 6.92 Å². The average Bonchev–Trinajstić information content (AvgIpc) is 2.87. The number of benzene rings is 1. The standard InChI is InChI=1S/C17H19N5O/c1-12-3-5-16-14(9-12)15(21-22(16)2)11-20-17(23)6-4-13-10-18-7-8-19-13/h3,5,7-10H,4,6,11H2,1-2H3,(H,20,23). The summed E-state index contributed by atoms with van der Waals surface area (Å²) in [4.78, 5) is 20.2.